The number of carbonyl (C=O) groups is 1. The predicted molar refractivity (Wildman–Crippen MR) is 59.0 cm³/mol. The van der Waals surface area contributed by atoms with Gasteiger partial charge in [0.2, 0.25) is 5.82 Å². The molecule has 1 fully saturated rings. The number of amides is 1. The molecular weight excluding hydrogens is 206 g/mol. The first-order chi connectivity index (χ1) is 7.46. The minimum Gasteiger partial charge on any atom is -0.347 e. The van der Waals surface area contributed by atoms with Gasteiger partial charge in [-0.3, -0.25) is 9.89 Å². The van der Waals surface area contributed by atoms with Crippen molar-refractivity contribution in [1.29, 1.82) is 0 Å². The Morgan fingerprint density at radius 2 is 2.31 bits per heavy atom. The number of rotatable bonds is 4. The molecule has 16 heavy (non-hydrogen) atoms. The second kappa shape index (κ2) is 3.86. The lowest BCUT2D eigenvalue weighted by Gasteiger charge is -2.17. The Hall–Kier alpha value is -1.43. The number of nitrogens with two attached hydrogens (primary N) is 1. The van der Waals surface area contributed by atoms with Gasteiger partial charge in [0, 0.05) is 18.0 Å². The van der Waals surface area contributed by atoms with Crippen LogP contribution in [0, 0.1) is 0 Å². The van der Waals surface area contributed by atoms with Crippen LogP contribution in [-0.4, -0.2) is 33.2 Å². The lowest BCUT2D eigenvalue weighted by Crippen LogP contribution is -2.45. The molecule has 1 saturated carbocycles. The van der Waals surface area contributed by atoms with Gasteiger partial charge in [0.1, 0.15) is 5.82 Å². The molecule has 0 unspecified atom stereocenters. The summed E-state index contributed by atoms with van der Waals surface area (Å²) in [5.74, 6) is 1.21. The Morgan fingerprint density at radius 3 is 2.88 bits per heavy atom. The maximum absolute atomic E-state index is 11.6. The molecule has 2 rings (SSSR count). The maximum atomic E-state index is 11.6. The lowest BCUT2D eigenvalue weighted by atomic mass is 10.1. The number of H-pyrrole nitrogens is 1. The van der Waals surface area contributed by atoms with Gasteiger partial charge in [-0.2, -0.15) is 0 Å². The highest BCUT2D eigenvalue weighted by molar-refractivity contribution is 5.90. The number of hydrogen-bond acceptors (Lipinski definition) is 4. The van der Waals surface area contributed by atoms with Crippen LogP contribution >= 0.6 is 0 Å². The van der Waals surface area contributed by atoms with Gasteiger partial charge in [0.15, 0.2) is 0 Å². The molecule has 0 aliphatic heterocycles. The standard InChI is InChI=1S/C10H17N5O/c1-10(2,11)5-12-9(16)8-13-7(14-15-8)6-3-4-6/h6H,3-5,11H2,1-2H3,(H,12,16)(H,13,14,15). The molecule has 0 atom stereocenters. The van der Waals surface area contributed by atoms with E-state index < -0.39 is 5.54 Å². The van der Waals surface area contributed by atoms with E-state index in [2.05, 4.69) is 20.5 Å². The van der Waals surface area contributed by atoms with Crippen LogP contribution in [0.15, 0.2) is 0 Å². The van der Waals surface area contributed by atoms with E-state index in [9.17, 15) is 4.79 Å². The molecule has 6 heteroatoms. The largest absolute Gasteiger partial charge is 0.347 e. The van der Waals surface area contributed by atoms with E-state index in [1.54, 1.807) is 0 Å². The van der Waals surface area contributed by atoms with Crippen LogP contribution in [0.4, 0.5) is 0 Å². The van der Waals surface area contributed by atoms with Crippen molar-refractivity contribution in [1.82, 2.24) is 20.5 Å². The van der Waals surface area contributed by atoms with E-state index in [-0.39, 0.29) is 11.7 Å². The second-order valence-corrected chi connectivity index (χ2v) is 4.99. The van der Waals surface area contributed by atoms with Crippen LogP contribution in [0.3, 0.4) is 0 Å². The van der Waals surface area contributed by atoms with Crippen LogP contribution in [0.2, 0.25) is 0 Å². The molecule has 1 aliphatic carbocycles. The van der Waals surface area contributed by atoms with Crippen molar-refractivity contribution in [2.45, 2.75) is 38.1 Å². The first kappa shape index (κ1) is 11.1. The van der Waals surface area contributed by atoms with Crippen molar-refractivity contribution < 1.29 is 4.79 Å². The van der Waals surface area contributed by atoms with Gasteiger partial charge in [0.25, 0.3) is 5.91 Å². The molecule has 4 N–H and O–H groups in total. The molecule has 0 saturated heterocycles. The molecule has 88 valence electrons. The predicted octanol–water partition coefficient (Wildman–Crippen LogP) is 0.149. The average molecular weight is 223 g/mol. The summed E-state index contributed by atoms with van der Waals surface area (Å²) in [5, 5.41) is 9.38. The Kier molecular flexibility index (Phi) is 2.67. The normalized spacial score (nSPS) is 16.2. The molecule has 0 bridgehead atoms. The van der Waals surface area contributed by atoms with E-state index in [4.69, 9.17) is 5.73 Å². The first-order valence-electron chi connectivity index (χ1n) is 5.45. The number of aromatic amines is 1. The molecule has 1 heterocycles. The van der Waals surface area contributed by atoms with Gasteiger partial charge in [0.05, 0.1) is 0 Å². The SMILES string of the molecule is CC(C)(N)CNC(=O)c1n[nH]c(C2CC2)n1. The van der Waals surface area contributed by atoms with E-state index in [0.29, 0.717) is 12.5 Å². The van der Waals surface area contributed by atoms with Gasteiger partial charge < -0.3 is 11.1 Å². The van der Waals surface area contributed by atoms with E-state index >= 15 is 0 Å². The minimum atomic E-state index is -0.425. The highest BCUT2D eigenvalue weighted by Crippen LogP contribution is 2.37. The van der Waals surface area contributed by atoms with Crippen molar-refractivity contribution in [2.24, 2.45) is 5.73 Å². The van der Waals surface area contributed by atoms with Crippen molar-refractivity contribution >= 4 is 5.91 Å². The van der Waals surface area contributed by atoms with Crippen LogP contribution < -0.4 is 11.1 Å². The van der Waals surface area contributed by atoms with E-state index in [1.165, 1.54) is 0 Å². The third-order valence-electron chi connectivity index (χ3n) is 2.37. The van der Waals surface area contributed by atoms with Gasteiger partial charge in [-0.15, -0.1) is 5.10 Å². The molecule has 1 aromatic rings. The summed E-state index contributed by atoms with van der Waals surface area (Å²) in [5.41, 5.74) is 5.34. The zero-order chi connectivity index (χ0) is 11.8. The fourth-order valence-corrected chi connectivity index (χ4v) is 1.30. The molecule has 0 radical (unpaired) electrons. The molecule has 1 aromatic heterocycles. The highest BCUT2D eigenvalue weighted by Gasteiger charge is 2.28. The molecule has 1 aliphatic rings. The van der Waals surface area contributed by atoms with Crippen LogP contribution in [-0.2, 0) is 0 Å². The molecule has 0 aromatic carbocycles. The van der Waals surface area contributed by atoms with Crippen molar-refractivity contribution in [3.05, 3.63) is 11.6 Å². The summed E-state index contributed by atoms with van der Waals surface area (Å²) in [6.07, 6.45) is 2.26. The van der Waals surface area contributed by atoms with Crippen LogP contribution in [0.25, 0.3) is 0 Å². The topological polar surface area (TPSA) is 96.7 Å². The number of hydrogen-bond donors (Lipinski definition) is 3. The van der Waals surface area contributed by atoms with Crippen LogP contribution in [0.5, 0.6) is 0 Å². The molecule has 0 spiro atoms. The fraction of sp³-hybridized carbons (Fsp3) is 0.700. The Balaban J connectivity index is 1.92. The summed E-state index contributed by atoms with van der Waals surface area (Å²) < 4.78 is 0. The summed E-state index contributed by atoms with van der Waals surface area (Å²) in [7, 11) is 0. The van der Waals surface area contributed by atoms with Gasteiger partial charge >= 0.3 is 0 Å². The minimum absolute atomic E-state index is 0.200. The average Bonchev–Trinajstić information content (AvgIpc) is 2.92. The zero-order valence-electron chi connectivity index (χ0n) is 9.58. The van der Waals surface area contributed by atoms with E-state index in [0.717, 1.165) is 18.7 Å². The quantitative estimate of drug-likeness (QED) is 0.676. The second-order valence-electron chi connectivity index (χ2n) is 4.99. The van der Waals surface area contributed by atoms with Crippen molar-refractivity contribution in [3.8, 4) is 0 Å². The van der Waals surface area contributed by atoms with Crippen molar-refractivity contribution in [3.63, 3.8) is 0 Å². The number of nitrogens with zero attached hydrogens (tertiary/aromatic N) is 2. The molecular formula is C10H17N5O. The lowest BCUT2D eigenvalue weighted by molar-refractivity contribution is 0.0936. The summed E-state index contributed by atoms with van der Waals surface area (Å²) in [6, 6.07) is 0. The third-order valence-corrected chi connectivity index (χ3v) is 2.37. The van der Waals surface area contributed by atoms with Gasteiger partial charge in [-0.05, 0) is 26.7 Å². The smallest absolute Gasteiger partial charge is 0.291 e. The van der Waals surface area contributed by atoms with Gasteiger partial charge in [-0.25, -0.2) is 4.98 Å². The number of nitrogens with one attached hydrogen (secondary N) is 2. The summed E-state index contributed by atoms with van der Waals surface area (Å²) >= 11 is 0. The van der Waals surface area contributed by atoms with Crippen LogP contribution in [0.1, 0.15) is 49.1 Å². The highest BCUT2D eigenvalue weighted by atomic mass is 16.2. The maximum Gasteiger partial charge on any atom is 0.291 e. The number of carbonyl (C=O) groups excluding carboxylic acids is 1. The zero-order valence-corrected chi connectivity index (χ0v) is 9.58. The summed E-state index contributed by atoms with van der Waals surface area (Å²) in [4.78, 5) is 15.8. The fourth-order valence-electron chi connectivity index (χ4n) is 1.30. The van der Waals surface area contributed by atoms with E-state index in [1.807, 2.05) is 13.8 Å². The monoisotopic (exact) mass is 223 g/mol. The Bertz CT molecular complexity index is 388. The molecule has 1 amide bonds. The number of aromatic nitrogens is 3. The van der Waals surface area contributed by atoms with Gasteiger partial charge in [-0.1, -0.05) is 0 Å². The van der Waals surface area contributed by atoms with Crippen molar-refractivity contribution in [2.75, 3.05) is 6.54 Å². The molecule has 6 nitrogen and oxygen atoms in total. The summed E-state index contributed by atoms with van der Waals surface area (Å²) in [6.45, 7) is 4.10. The Morgan fingerprint density at radius 1 is 1.62 bits per heavy atom. The third kappa shape index (κ3) is 2.79. The first-order valence-corrected chi connectivity index (χ1v) is 5.45. The Labute approximate surface area is 94.0 Å².